The summed E-state index contributed by atoms with van der Waals surface area (Å²) in [6.07, 6.45) is 4.95. The number of aliphatic imine (C=N–C) groups is 1. The second kappa shape index (κ2) is 8.22. The lowest BCUT2D eigenvalue weighted by molar-refractivity contribution is 0.570. The van der Waals surface area contributed by atoms with Gasteiger partial charge in [0.15, 0.2) is 5.96 Å². The molecule has 22 heavy (non-hydrogen) atoms. The zero-order valence-corrected chi connectivity index (χ0v) is 13.6. The van der Waals surface area contributed by atoms with Crippen LogP contribution in [0.4, 0.5) is 0 Å². The lowest BCUT2D eigenvalue weighted by Gasteiger charge is -2.12. The van der Waals surface area contributed by atoms with Gasteiger partial charge in [-0.2, -0.15) is 5.10 Å². The van der Waals surface area contributed by atoms with Gasteiger partial charge in [0.1, 0.15) is 0 Å². The molecular weight excluding hydrogens is 274 g/mol. The summed E-state index contributed by atoms with van der Waals surface area (Å²) in [7, 11) is 1.79. The van der Waals surface area contributed by atoms with Crippen LogP contribution in [0.15, 0.2) is 41.7 Å². The van der Waals surface area contributed by atoms with E-state index in [4.69, 9.17) is 0 Å². The Balaban J connectivity index is 1.69. The minimum absolute atomic E-state index is 0.777. The minimum atomic E-state index is 0.777. The molecule has 2 aromatic rings. The summed E-state index contributed by atoms with van der Waals surface area (Å²) in [6.45, 7) is 6.72. The van der Waals surface area contributed by atoms with Crippen LogP contribution in [0.2, 0.25) is 0 Å². The van der Waals surface area contributed by atoms with E-state index < -0.39 is 0 Å². The maximum atomic E-state index is 4.28. The standard InChI is InChI=1S/C17H25N5/c1-14-6-4-7-16(10-14)12-20-17(18-3)19-8-5-9-22-13-15(2)11-21-22/h4,6-7,10-11,13H,5,8-9,12H2,1-3H3,(H2,18,19,20). The Hall–Kier alpha value is -2.30. The molecular formula is C17H25N5. The molecule has 0 aliphatic carbocycles. The summed E-state index contributed by atoms with van der Waals surface area (Å²) in [6, 6.07) is 8.48. The first-order valence-corrected chi connectivity index (χ1v) is 7.66. The number of hydrogen-bond donors (Lipinski definition) is 2. The van der Waals surface area contributed by atoms with Crippen molar-refractivity contribution in [1.29, 1.82) is 0 Å². The van der Waals surface area contributed by atoms with E-state index in [2.05, 4.69) is 65.0 Å². The number of guanidine groups is 1. The van der Waals surface area contributed by atoms with E-state index in [0.717, 1.165) is 32.0 Å². The van der Waals surface area contributed by atoms with Crippen molar-refractivity contribution in [3.63, 3.8) is 0 Å². The number of aryl methyl sites for hydroxylation is 3. The van der Waals surface area contributed by atoms with Crippen LogP contribution in [0.1, 0.15) is 23.1 Å². The van der Waals surface area contributed by atoms with E-state index in [0.29, 0.717) is 0 Å². The number of rotatable bonds is 6. The third-order valence-electron chi connectivity index (χ3n) is 3.38. The van der Waals surface area contributed by atoms with Crippen molar-refractivity contribution >= 4 is 5.96 Å². The van der Waals surface area contributed by atoms with Crippen molar-refractivity contribution in [2.24, 2.45) is 4.99 Å². The van der Waals surface area contributed by atoms with Gasteiger partial charge in [-0.15, -0.1) is 0 Å². The lowest BCUT2D eigenvalue weighted by Crippen LogP contribution is -2.37. The maximum Gasteiger partial charge on any atom is 0.191 e. The summed E-state index contributed by atoms with van der Waals surface area (Å²) in [5.41, 5.74) is 3.73. The Morgan fingerprint density at radius 1 is 1.23 bits per heavy atom. The molecule has 0 saturated heterocycles. The third kappa shape index (κ3) is 5.24. The normalized spacial score (nSPS) is 11.5. The molecule has 0 atom stereocenters. The van der Waals surface area contributed by atoms with Gasteiger partial charge in [-0.05, 0) is 31.4 Å². The van der Waals surface area contributed by atoms with E-state index >= 15 is 0 Å². The Morgan fingerprint density at radius 3 is 2.77 bits per heavy atom. The van der Waals surface area contributed by atoms with Crippen molar-refractivity contribution in [3.05, 3.63) is 53.3 Å². The Morgan fingerprint density at radius 2 is 2.09 bits per heavy atom. The number of benzene rings is 1. The van der Waals surface area contributed by atoms with Gasteiger partial charge in [-0.1, -0.05) is 29.8 Å². The molecule has 0 aliphatic rings. The molecule has 0 aliphatic heterocycles. The Bertz CT molecular complexity index is 615. The lowest BCUT2D eigenvalue weighted by atomic mass is 10.1. The van der Waals surface area contributed by atoms with Crippen molar-refractivity contribution in [2.45, 2.75) is 33.4 Å². The van der Waals surface area contributed by atoms with E-state index in [1.165, 1.54) is 16.7 Å². The number of nitrogens with zero attached hydrogens (tertiary/aromatic N) is 3. The van der Waals surface area contributed by atoms with Crippen LogP contribution in [-0.2, 0) is 13.1 Å². The second-order valence-electron chi connectivity index (χ2n) is 5.48. The maximum absolute atomic E-state index is 4.28. The molecule has 0 bridgehead atoms. The SMILES string of the molecule is CN=C(NCCCn1cc(C)cn1)NCc1cccc(C)c1. The number of nitrogens with one attached hydrogen (secondary N) is 2. The van der Waals surface area contributed by atoms with Crippen molar-refractivity contribution in [3.8, 4) is 0 Å². The van der Waals surface area contributed by atoms with Crippen LogP contribution in [-0.4, -0.2) is 29.3 Å². The molecule has 1 aromatic carbocycles. The molecule has 1 heterocycles. The van der Waals surface area contributed by atoms with Gasteiger partial charge in [0.05, 0.1) is 6.20 Å². The van der Waals surface area contributed by atoms with Gasteiger partial charge in [-0.25, -0.2) is 0 Å². The Labute approximate surface area is 132 Å². The molecule has 0 unspecified atom stereocenters. The average Bonchev–Trinajstić information content (AvgIpc) is 2.92. The largest absolute Gasteiger partial charge is 0.356 e. The van der Waals surface area contributed by atoms with Gasteiger partial charge in [0, 0.05) is 32.9 Å². The minimum Gasteiger partial charge on any atom is -0.356 e. The highest BCUT2D eigenvalue weighted by molar-refractivity contribution is 5.79. The van der Waals surface area contributed by atoms with Crippen LogP contribution < -0.4 is 10.6 Å². The van der Waals surface area contributed by atoms with Gasteiger partial charge < -0.3 is 10.6 Å². The predicted octanol–water partition coefficient (Wildman–Crippen LogP) is 2.26. The molecule has 2 rings (SSSR count). The molecule has 5 nitrogen and oxygen atoms in total. The highest BCUT2D eigenvalue weighted by atomic mass is 15.3. The average molecular weight is 299 g/mol. The van der Waals surface area contributed by atoms with Gasteiger partial charge in [0.2, 0.25) is 0 Å². The molecule has 0 amide bonds. The summed E-state index contributed by atoms with van der Waals surface area (Å²) in [5.74, 6) is 0.832. The topological polar surface area (TPSA) is 54.2 Å². The summed E-state index contributed by atoms with van der Waals surface area (Å²) in [5, 5.41) is 10.9. The molecule has 5 heteroatoms. The van der Waals surface area contributed by atoms with Crippen LogP contribution in [0.25, 0.3) is 0 Å². The fourth-order valence-electron chi connectivity index (χ4n) is 2.27. The predicted molar refractivity (Wildman–Crippen MR) is 91.0 cm³/mol. The molecule has 118 valence electrons. The quantitative estimate of drug-likeness (QED) is 0.489. The van der Waals surface area contributed by atoms with Crippen molar-refractivity contribution in [1.82, 2.24) is 20.4 Å². The first-order chi connectivity index (χ1) is 10.7. The zero-order chi connectivity index (χ0) is 15.8. The molecule has 0 saturated carbocycles. The van der Waals surface area contributed by atoms with Crippen molar-refractivity contribution in [2.75, 3.05) is 13.6 Å². The summed E-state index contributed by atoms with van der Waals surface area (Å²) >= 11 is 0. The van der Waals surface area contributed by atoms with Crippen LogP contribution in [0, 0.1) is 13.8 Å². The fraction of sp³-hybridized carbons (Fsp3) is 0.412. The van der Waals surface area contributed by atoms with Crippen molar-refractivity contribution < 1.29 is 0 Å². The zero-order valence-electron chi connectivity index (χ0n) is 13.6. The molecule has 0 spiro atoms. The summed E-state index contributed by atoms with van der Waals surface area (Å²) in [4.78, 5) is 4.25. The third-order valence-corrected chi connectivity index (χ3v) is 3.38. The van der Waals surface area contributed by atoms with E-state index in [1.807, 2.05) is 10.9 Å². The van der Waals surface area contributed by atoms with E-state index in [-0.39, 0.29) is 0 Å². The van der Waals surface area contributed by atoms with Gasteiger partial charge in [-0.3, -0.25) is 9.67 Å². The fourth-order valence-corrected chi connectivity index (χ4v) is 2.27. The van der Waals surface area contributed by atoms with Gasteiger partial charge in [0.25, 0.3) is 0 Å². The highest BCUT2D eigenvalue weighted by Crippen LogP contribution is 2.03. The van der Waals surface area contributed by atoms with Gasteiger partial charge >= 0.3 is 0 Å². The second-order valence-corrected chi connectivity index (χ2v) is 5.48. The van der Waals surface area contributed by atoms with E-state index in [1.54, 1.807) is 7.05 Å². The molecule has 0 radical (unpaired) electrons. The highest BCUT2D eigenvalue weighted by Gasteiger charge is 1.99. The van der Waals surface area contributed by atoms with E-state index in [9.17, 15) is 0 Å². The Kier molecular flexibility index (Phi) is 6.01. The molecule has 1 aromatic heterocycles. The smallest absolute Gasteiger partial charge is 0.191 e. The number of aromatic nitrogens is 2. The summed E-state index contributed by atoms with van der Waals surface area (Å²) < 4.78 is 1.97. The molecule has 0 fully saturated rings. The monoisotopic (exact) mass is 299 g/mol. The first kappa shape index (κ1) is 16.1. The first-order valence-electron chi connectivity index (χ1n) is 7.66. The number of hydrogen-bond acceptors (Lipinski definition) is 2. The van der Waals surface area contributed by atoms with Crippen LogP contribution in [0.3, 0.4) is 0 Å². The van der Waals surface area contributed by atoms with Crippen LogP contribution >= 0.6 is 0 Å². The molecule has 2 N–H and O–H groups in total. The van der Waals surface area contributed by atoms with Crippen LogP contribution in [0.5, 0.6) is 0 Å².